The Labute approximate surface area is 76.3 Å². The third-order valence-electron chi connectivity index (χ3n) is 2.79. The maximum Gasteiger partial charge on any atom is 0.0192 e. The van der Waals surface area contributed by atoms with Gasteiger partial charge in [-0.25, -0.2) is 0 Å². The van der Waals surface area contributed by atoms with Crippen LogP contribution in [0.3, 0.4) is 0 Å². The highest BCUT2D eigenvalue weighted by molar-refractivity contribution is 4.82. The third kappa shape index (κ3) is 3.11. The van der Waals surface area contributed by atoms with Crippen LogP contribution < -0.4 is 5.32 Å². The number of nitrogens with one attached hydrogen (secondary N) is 1. The van der Waals surface area contributed by atoms with E-state index >= 15 is 0 Å². The van der Waals surface area contributed by atoms with Crippen molar-refractivity contribution in [3.63, 3.8) is 0 Å². The number of hydrogen-bond donors (Lipinski definition) is 1. The first-order valence-electron chi connectivity index (χ1n) is 5.06. The maximum absolute atomic E-state index is 3.55. The molecule has 0 aromatic carbocycles. The average Bonchev–Trinajstić information content (AvgIpc) is 2.81. The SMILES string of the molecule is CC(C)N(C)C(C)CNC1CC1. The number of rotatable bonds is 5. The first kappa shape index (κ1) is 10.0. The molecule has 0 amide bonds. The Bertz CT molecular complexity index is 130. The highest BCUT2D eigenvalue weighted by atomic mass is 15.2. The molecule has 72 valence electrons. The van der Waals surface area contributed by atoms with Gasteiger partial charge in [0.25, 0.3) is 0 Å². The van der Waals surface area contributed by atoms with Crippen molar-refractivity contribution >= 4 is 0 Å². The summed E-state index contributed by atoms with van der Waals surface area (Å²) >= 11 is 0. The van der Waals surface area contributed by atoms with Crippen molar-refractivity contribution in [2.75, 3.05) is 13.6 Å². The van der Waals surface area contributed by atoms with E-state index in [0.29, 0.717) is 12.1 Å². The zero-order valence-corrected chi connectivity index (χ0v) is 8.80. The summed E-state index contributed by atoms with van der Waals surface area (Å²) in [6.07, 6.45) is 2.77. The number of hydrogen-bond acceptors (Lipinski definition) is 2. The number of nitrogens with zero attached hydrogens (tertiary/aromatic N) is 1. The fraction of sp³-hybridized carbons (Fsp3) is 1.00. The van der Waals surface area contributed by atoms with Crippen LogP contribution in [0, 0.1) is 0 Å². The lowest BCUT2D eigenvalue weighted by Crippen LogP contribution is -2.42. The van der Waals surface area contributed by atoms with Crippen LogP contribution >= 0.6 is 0 Å². The van der Waals surface area contributed by atoms with Crippen molar-refractivity contribution in [1.82, 2.24) is 10.2 Å². The second-order valence-electron chi connectivity index (χ2n) is 4.29. The summed E-state index contributed by atoms with van der Waals surface area (Å²) in [5, 5.41) is 3.55. The minimum atomic E-state index is 0.654. The minimum Gasteiger partial charge on any atom is -0.312 e. The van der Waals surface area contributed by atoms with E-state index < -0.39 is 0 Å². The Morgan fingerprint density at radius 2 is 1.92 bits per heavy atom. The molecule has 1 N–H and O–H groups in total. The maximum atomic E-state index is 3.55. The lowest BCUT2D eigenvalue weighted by Gasteiger charge is -2.28. The Hall–Kier alpha value is -0.0800. The van der Waals surface area contributed by atoms with Crippen LogP contribution in [-0.2, 0) is 0 Å². The van der Waals surface area contributed by atoms with Crippen molar-refractivity contribution in [2.24, 2.45) is 0 Å². The standard InChI is InChI=1S/C10H22N2/c1-8(2)12(4)9(3)7-11-10-5-6-10/h8-11H,5-7H2,1-4H3. The fourth-order valence-electron chi connectivity index (χ4n) is 1.28. The van der Waals surface area contributed by atoms with Gasteiger partial charge in [0.05, 0.1) is 0 Å². The summed E-state index contributed by atoms with van der Waals surface area (Å²) in [7, 11) is 2.20. The molecule has 1 atom stereocenters. The highest BCUT2D eigenvalue weighted by Crippen LogP contribution is 2.18. The van der Waals surface area contributed by atoms with Gasteiger partial charge < -0.3 is 10.2 Å². The molecule has 1 rings (SSSR count). The van der Waals surface area contributed by atoms with E-state index in [0.717, 1.165) is 12.6 Å². The Morgan fingerprint density at radius 3 is 2.33 bits per heavy atom. The Morgan fingerprint density at radius 1 is 1.33 bits per heavy atom. The summed E-state index contributed by atoms with van der Waals surface area (Å²) in [4.78, 5) is 2.41. The van der Waals surface area contributed by atoms with Gasteiger partial charge in [-0.3, -0.25) is 0 Å². The lowest BCUT2D eigenvalue weighted by molar-refractivity contribution is 0.203. The molecule has 0 heterocycles. The van der Waals surface area contributed by atoms with Gasteiger partial charge in [-0.05, 0) is 40.7 Å². The van der Waals surface area contributed by atoms with E-state index in [9.17, 15) is 0 Å². The van der Waals surface area contributed by atoms with Gasteiger partial charge in [0.1, 0.15) is 0 Å². The van der Waals surface area contributed by atoms with Crippen LogP contribution in [0.1, 0.15) is 33.6 Å². The lowest BCUT2D eigenvalue weighted by atomic mass is 10.2. The van der Waals surface area contributed by atoms with Gasteiger partial charge >= 0.3 is 0 Å². The molecule has 0 aromatic rings. The predicted molar refractivity (Wildman–Crippen MR) is 53.4 cm³/mol. The summed E-state index contributed by atoms with van der Waals surface area (Å²) in [5.74, 6) is 0. The van der Waals surface area contributed by atoms with Gasteiger partial charge in [-0.15, -0.1) is 0 Å². The van der Waals surface area contributed by atoms with E-state index in [1.54, 1.807) is 0 Å². The zero-order chi connectivity index (χ0) is 9.14. The molecule has 1 unspecified atom stereocenters. The van der Waals surface area contributed by atoms with Crippen molar-refractivity contribution in [3.8, 4) is 0 Å². The molecule has 0 radical (unpaired) electrons. The molecule has 1 fully saturated rings. The van der Waals surface area contributed by atoms with Gasteiger partial charge in [0.2, 0.25) is 0 Å². The van der Waals surface area contributed by atoms with Crippen LogP contribution in [0.15, 0.2) is 0 Å². The number of likely N-dealkylation sites (N-methyl/N-ethyl adjacent to an activating group) is 1. The predicted octanol–water partition coefficient (Wildman–Crippen LogP) is 1.47. The van der Waals surface area contributed by atoms with E-state index in [-0.39, 0.29) is 0 Å². The molecular formula is C10H22N2. The van der Waals surface area contributed by atoms with E-state index in [1.807, 2.05) is 0 Å². The van der Waals surface area contributed by atoms with E-state index in [2.05, 4.69) is 38.0 Å². The van der Waals surface area contributed by atoms with Gasteiger partial charge in [0.15, 0.2) is 0 Å². The minimum absolute atomic E-state index is 0.654. The summed E-state index contributed by atoms with van der Waals surface area (Å²) < 4.78 is 0. The Kier molecular flexibility index (Phi) is 3.53. The quantitative estimate of drug-likeness (QED) is 0.672. The van der Waals surface area contributed by atoms with Gasteiger partial charge in [-0.1, -0.05) is 0 Å². The van der Waals surface area contributed by atoms with Crippen LogP contribution in [0.2, 0.25) is 0 Å². The van der Waals surface area contributed by atoms with Crippen molar-refractivity contribution in [1.29, 1.82) is 0 Å². The molecule has 12 heavy (non-hydrogen) atoms. The van der Waals surface area contributed by atoms with Crippen LogP contribution in [0.4, 0.5) is 0 Å². The summed E-state index contributed by atoms with van der Waals surface area (Å²) in [6, 6.07) is 2.15. The highest BCUT2D eigenvalue weighted by Gasteiger charge is 2.22. The van der Waals surface area contributed by atoms with E-state index in [1.165, 1.54) is 12.8 Å². The second-order valence-corrected chi connectivity index (χ2v) is 4.29. The molecular weight excluding hydrogens is 148 g/mol. The molecule has 2 heteroatoms. The van der Waals surface area contributed by atoms with Crippen LogP contribution in [-0.4, -0.2) is 36.6 Å². The van der Waals surface area contributed by atoms with Crippen molar-refractivity contribution < 1.29 is 0 Å². The molecule has 0 aromatic heterocycles. The summed E-state index contributed by atoms with van der Waals surface area (Å²) in [5.41, 5.74) is 0. The fourth-order valence-corrected chi connectivity index (χ4v) is 1.28. The van der Waals surface area contributed by atoms with Crippen LogP contribution in [0.25, 0.3) is 0 Å². The molecule has 0 saturated heterocycles. The third-order valence-corrected chi connectivity index (χ3v) is 2.79. The zero-order valence-electron chi connectivity index (χ0n) is 8.80. The topological polar surface area (TPSA) is 15.3 Å². The summed E-state index contributed by atoms with van der Waals surface area (Å²) in [6.45, 7) is 7.91. The first-order valence-corrected chi connectivity index (χ1v) is 5.06. The normalized spacial score (nSPS) is 20.5. The first-order chi connectivity index (χ1) is 5.61. The molecule has 1 saturated carbocycles. The second kappa shape index (κ2) is 4.24. The van der Waals surface area contributed by atoms with E-state index in [4.69, 9.17) is 0 Å². The molecule has 2 nitrogen and oxygen atoms in total. The molecule has 0 aliphatic heterocycles. The monoisotopic (exact) mass is 170 g/mol. The molecule has 0 spiro atoms. The molecule has 0 bridgehead atoms. The van der Waals surface area contributed by atoms with Gasteiger partial charge in [-0.2, -0.15) is 0 Å². The van der Waals surface area contributed by atoms with Gasteiger partial charge in [0, 0.05) is 24.7 Å². The Balaban J connectivity index is 2.11. The molecule has 1 aliphatic rings. The largest absolute Gasteiger partial charge is 0.312 e. The van der Waals surface area contributed by atoms with Crippen molar-refractivity contribution in [2.45, 2.75) is 51.7 Å². The van der Waals surface area contributed by atoms with Crippen molar-refractivity contribution in [3.05, 3.63) is 0 Å². The smallest absolute Gasteiger partial charge is 0.0192 e. The average molecular weight is 170 g/mol. The molecule has 1 aliphatic carbocycles. The van der Waals surface area contributed by atoms with Crippen LogP contribution in [0.5, 0.6) is 0 Å².